The Labute approximate surface area is 136 Å². The summed E-state index contributed by atoms with van der Waals surface area (Å²) in [5.41, 5.74) is 1.25. The van der Waals surface area contributed by atoms with Gasteiger partial charge in [-0.1, -0.05) is 12.1 Å². The largest absolute Gasteiger partial charge is 0.497 e. The molecule has 1 saturated heterocycles. The van der Waals surface area contributed by atoms with Crippen LogP contribution in [0.3, 0.4) is 0 Å². The fourth-order valence-electron chi connectivity index (χ4n) is 2.91. The second-order valence-electron chi connectivity index (χ2n) is 5.99. The topological polar surface area (TPSA) is 63.3 Å². The third-order valence-corrected chi connectivity index (χ3v) is 4.06. The van der Waals surface area contributed by atoms with E-state index in [4.69, 9.17) is 9.47 Å². The number of aromatic nitrogens is 3. The standard InChI is InChI=1S/C17H24N4O2/c1-13-18-17(20-19-13)12-21(11-16-4-3-9-23-16)10-14-5-7-15(22-2)8-6-14/h5-8,16H,3-4,9-12H2,1-2H3,(H,18,19,20)/t16-/m0/s1. The van der Waals surface area contributed by atoms with Crippen molar-refractivity contribution >= 4 is 0 Å². The van der Waals surface area contributed by atoms with Crippen LogP contribution in [-0.4, -0.2) is 46.4 Å². The predicted octanol–water partition coefficient (Wildman–Crippen LogP) is 2.30. The summed E-state index contributed by atoms with van der Waals surface area (Å²) < 4.78 is 11.0. The van der Waals surface area contributed by atoms with Crippen molar-refractivity contribution in [3.05, 3.63) is 41.5 Å². The van der Waals surface area contributed by atoms with E-state index >= 15 is 0 Å². The molecular weight excluding hydrogens is 292 g/mol. The van der Waals surface area contributed by atoms with Crippen LogP contribution in [0.2, 0.25) is 0 Å². The molecule has 0 saturated carbocycles. The number of nitrogens with one attached hydrogen (secondary N) is 1. The highest BCUT2D eigenvalue weighted by Gasteiger charge is 2.20. The molecule has 6 heteroatoms. The highest BCUT2D eigenvalue weighted by Crippen LogP contribution is 2.18. The van der Waals surface area contributed by atoms with Crippen molar-refractivity contribution in [2.45, 2.75) is 39.0 Å². The quantitative estimate of drug-likeness (QED) is 0.849. The monoisotopic (exact) mass is 316 g/mol. The van der Waals surface area contributed by atoms with E-state index in [0.29, 0.717) is 6.10 Å². The maximum atomic E-state index is 5.79. The summed E-state index contributed by atoms with van der Waals surface area (Å²) in [6, 6.07) is 8.20. The van der Waals surface area contributed by atoms with Crippen LogP contribution in [0, 0.1) is 6.92 Å². The predicted molar refractivity (Wildman–Crippen MR) is 87.2 cm³/mol. The second-order valence-corrected chi connectivity index (χ2v) is 5.99. The number of aryl methyl sites for hydroxylation is 1. The van der Waals surface area contributed by atoms with Gasteiger partial charge in [0.15, 0.2) is 5.82 Å². The first kappa shape index (κ1) is 16.0. The molecule has 2 heterocycles. The Hall–Kier alpha value is -1.92. The SMILES string of the molecule is COc1ccc(CN(Cc2n[nH]c(C)n2)C[C@@H]2CCCO2)cc1. The van der Waals surface area contributed by atoms with E-state index in [0.717, 1.165) is 56.5 Å². The zero-order chi connectivity index (χ0) is 16.1. The number of methoxy groups -OCH3 is 1. The van der Waals surface area contributed by atoms with E-state index in [1.807, 2.05) is 19.1 Å². The summed E-state index contributed by atoms with van der Waals surface area (Å²) in [6.07, 6.45) is 2.60. The van der Waals surface area contributed by atoms with Crippen molar-refractivity contribution in [3.63, 3.8) is 0 Å². The number of hydrogen-bond acceptors (Lipinski definition) is 5. The summed E-state index contributed by atoms with van der Waals surface area (Å²) in [4.78, 5) is 6.77. The lowest BCUT2D eigenvalue weighted by Gasteiger charge is -2.24. The molecule has 0 bridgehead atoms. The summed E-state index contributed by atoms with van der Waals surface area (Å²) in [5, 5.41) is 7.17. The Morgan fingerprint density at radius 1 is 1.30 bits per heavy atom. The molecule has 3 rings (SSSR count). The molecule has 0 unspecified atom stereocenters. The van der Waals surface area contributed by atoms with Gasteiger partial charge in [0.05, 0.1) is 19.8 Å². The maximum Gasteiger partial charge on any atom is 0.164 e. The molecule has 0 aliphatic carbocycles. The lowest BCUT2D eigenvalue weighted by Crippen LogP contribution is -2.31. The van der Waals surface area contributed by atoms with Gasteiger partial charge in [-0.2, -0.15) is 5.10 Å². The van der Waals surface area contributed by atoms with Gasteiger partial charge in [0, 0.05) is 19.7 Å². The summed E-state index contributed by atoms with van der Waals surface area (Å²) in [5.74, 6) is 2.56. The van der Waals surface area contributed by atoms with Crippen LogP contribution >= 0.6 is 0 Å². The fraction of sp³-hybridized carbons (Fsp3) is 0.529. The first-order chi connectivity index (χ1) is 11.2. The molecule has 1 N–H and O–H groups in total. The van der Waals surface area contributed by atoms with Gasteiger partial charge in [-0.05, 0) is 37.5 Å². The Morgan fingerprint density at radius 3 is 2.74 bits per heavy atom. The minimum absolute atomic E-state index is 0.313. The van der Waals surface area contributed by atoms with Crippen molar-refractivity contribution in [2.75, 3.05) is 20.3 Å². The van der Waals surface area contributed by atoms with Gasteiger partial charge in [0.25, 0.3) is 0 Å². The van der Waals surface area contributed by atoms with Crippen LogP contribution in [0.1, 0.15) is 30.1 Å². The lowest BCUT2D eigenvalue weighted by atomic mass is 10.1. The third-order valence-electron chi connectivity index (χ3n) is 4.06. The smallest absolute Gasteiger partial charge is 0.164 e. The molecule has 0 radical (unpaired) electrons. The van der Waals surface area contributed by atoms with Crippen molar-refractivity contribution in [1.29, 1.82) is 0 Å². The van der Waals surface area contributed by atoms with Gasteiger partial charge in [-0.15, -0.1) is 0 Å². The molecule has 1 atom stereocenters. The number of H-pyrrole nitrogens is 1. The molecule has 0 spiro atoms. The van der Waals surface area contributed by atoms with E-state index in [-0.39, 0.29) is 0 Å². The molecule has 2 aromatic rings. The maximum absolute atomic E-state index is 5.79. The van der Waals surface area contributed by atoms with Crippen LogP contribution in [0.4, 0.5) is 0 Å². The van der Waals surface area contributed by atoms with Gasteiger partial charge in [-0.3, -0.25) is 10.00 Å². The van der Waals surface area contributed by atoms with Gasteiger partial charge in [0.1, 0.15) is 11.6 Å². The zero-order valence-corrected chi connectivity index (χ0v) is 13.8. The van der Waals surface area contributed by atoms with E-state index in [1.165, 1.54) is 5.56 Å². The van der Waals surface area contributed by atoms with Crippen molar-refractivity contribution in [2.24, 2.45) is 0 Å². The first-order valence-electron chi connectivity index (χ1n) is 8.07. The average molecular weight is 316 g/mol. The van der Waals surface area contributed by atoms with Crippen molar-refractivity contribution in [3.8, 4) is 5.75 Å². The number of ether oxygens (including phenoxy) is 2. The van der Waals surface area contributed by atoms with Crippen LogP contribution in [0.5, 0.6) is 5.75 Å². The Morgan fingerprint density at radius 2 is 2.13 bits per heavy atom. The van der Waals surface area contributed by atoms with E-state index < -0.39 is 0 Å². The Kier molecular flexibility index (Phi) is 5.25. The minimum Gasteiger partial charge on any atom is -0.497 e. The first-order valence-corrected chi connectivity index (χ1v) is 8.07. The number of benzene rings is 1. The number of aromatic amines is 1. The van der Waals surface area contributed by atoms with Gasteiger partial charge >= 0.3 is 0 Å². The molecular formula is C17H24N4O2. The molecule has 1 aromatic carbocycles. The molecule has 1 aliphatic rings. The molecule has 1 aromatic heterocycles. The van der Waals surface area contributed by atoms with Gasteiger partial charge in [0.2, 0.25) is 0 Å². The van der Waals surface area contributed by atoms with Crippen molar-refractivity contribution < 1.29 is 9.47 Å². The Balaban J connectivity index is 1.67. The normalized spacial score (nSPS) is 17.8. The minimum atomic E-state index is 0.313. The summed E-state index contributed by atoms with van der Waals surface area (Å²) in [6.45, 7) is 5.26. The summed E-state index contributed by atoms with van der Waals surface area (Å²) in [7, 11) is 1.68. The lowest BCUT2D eigenvalue weighted by molar-refractivity contribution is 0.0670. The second kappa shape index (κ2) is 7.57. The zero-order valence-electron chi connectivity index (χ0n) is 13.8. The van der Waals surface area contributed by atoms with Crippen LogP contribution in [-0.2, 0) is 17.8 Å². The van der Waals surface area contributed by atoms with Crippen molar-refractivity contribution in [1.82, 2.24) is 20.1 Å². The molecule has 6 nitrogen and oxygen atoms in total. The highest BCUT2D eigenvalue weighted by molar-refractivity contribution is 5.27. The average Bonchev–Trinajstić information content (AvgIpc) is 3.20. The molecule has 0 amide bonds. The van der Waals surface area contributed by atoms with Crippen LogP contribution < -0.4 is 4.74 Å². The number of hydrogen-bond donors (Lipinski definition) is 1. The highest BCUT2D eigenvalue weighted by atomic mass is 16.5. The fourth-order valence-corrected chi connectivity index (χ4v) is 2.91. The van der Waals surface area contributed by atoms with E-state index in [2.05, 4.69) is 32.2 Å². The number of rotatable bonds is 7. The van der Waals surface area contributed by atoms with Gasteiger partial charge in [-0.25, -0.2) is 4.98 Å². The van der Waals surface area contributed by atoms with E-state index in [1.54, 1.807) is 7.11 Å². The van der Waals surface area contributed by atoms with Crippen LogP contribution in [0.25, 0.3) is 0 Å². The number of nitrogens with zero attached hydrogens (tertiary/aromatic N) is 3. The molecule has 1 aliphatic heterocycles. The Bertz CT molecular complexity index is 605. The molecule has 124 valence electrons. The van der Waals surface area contributed by atoms with E-state index in [9.17, 15) is 0 Å². The third kappa shape index (κ3) is 4.53. The van der Waals surface area contributed by atoms with Gasteiger partial charge < -0.3 is 9.47 Å². The molecule has 1 fully saturated rings. The summed E-state index contributed by atoms with van der Waals surface area (Å²) >= 11 is 0. The van der Waals surface area contributed by atoms with Crippen LogP contribution in [0.15, 0.2) is 24.3 Å². The molecule has 23 heavy (non-hydrogen) atoms.